The van der Waals surface area contributed by atoms with Crippen molar-refractivity contribution in [3.05, 3.63) is 100 Å². The van der Waals surface area contributed by atoms with Gasteiger partial charge in [-0.1, -0.05) is 80.0 Å². The van der Waals surface area contributed by atoms with Gasteiger partial charge in [0, 0.05) is 38.6 Å². The van der Waals surface area contributed by atoms with Crippen molar-refractivity contribution >= 4 is 39.3 Å². The van der Waals surface area contributed by atoms with Gasteiger partial charge in [-0.15, -0.1) is 0 Å². The van der Waals surface area contributed by atoms with Crippen LogP contribution in [0, 0.1) is 19.8 Å². The molecule has 2 amide bonds. The lowest BCUT2D eigenvalue weighted by Gasteiger charge is -2.35. The minimum Gasteiger partial charge on any atom is -0.354 e. The van der Waals surface area contributed by atoms with Crippen LogP contribution < -0.4 is 9.62 Å². The van der Waals surface area contributed by atoms with Crippen molar-refractivity contribution in [3.63, 3.8) is 0 Å². The van der Waals surface area contributed by atoms with E-state index in [0.717, 1.165) is 25.3 Å². The number of halogens is 1. The van der Waals surface area contributed by atoms with Gasteiger partial charge in [-0.05, 0) is 60.2 Å². The highest BCUT2D eigenvalue weighted by molar-refractivity contribution is 7.90. The van der Waals surface area contributed by atoms with E-state index < -0.39 is 28.7 Å². The van der Waals surface area contributed by atoms with Gasteiger partial charge in [0.15, 0.2) is 0 Å². The summed E-state index contributed by atoms with van der Waals surface area (Å²) in [6.07, 6.45) is 0.258. The van der Waals surface area contributed by atoms with Crippen LogP contribution in [0.3, 0.4) is 0 Å². The van der Waals surface area contributed by atoms with E-state index >= 15 is 0 Å². The van der Waals surface area contributed by atoms with E-state index in [0.29, 0.717) is 22.8 Å². The second-order valence-corrected chi connectivity index (χ2v) is 13.6. The van der Waals surface area contributed by atoms with E-state index in [1.54, 1.807) is 37.3 Å². The Hall–Kier alpha value is -3.40. The number of carbonyl (C=O) groups is 2. The molecule has 0 saturated carbocycles. The van der Waals surface area contributed by atoms with Gasteiger partial charge < -0.3 is 10.2 Å². The van der Waals surface area contributed by atoms with Crippen LogP contribution in [0.2, 0.25) is 5.02 Å². The summed E-state index contributed by atoms with van der Waals surface area (Å²) in [7, 11) is -1.20. The first-order chi connectivity index (χ1) is 19.8. The average Bonchev–Trinajstić information content (AvgIpc) is 2.95. The minimum absolute atomic E-state index is 0.0885. The summed E-state index contributed by atoms with van der Waals surface area (Å²) in [6.45, 7) is 7.71. The molecule has 0 radical (unpaired) electrons. The number of hydrogen-bond donors (Lipinski definition) is 1. The average molecular weight is 613 g/mol. The molecule has 0 aliphatic carbocycles. The molecule has 0 aromatic heterocycles. The SMILES string of the molecule is Cc1ccc(C)c(N(CC(=O)N(Cc2ccc(Cl)cc2)C(Cc2ccccc2)C(=O)NCC(C)C)S(=O)(=O)N(C)C)c1. The van der Waals surface area contributed by atoms with Crippen molar-refractivity contribution in [3.8, 4) is 0 Å². The fourth-order valence-electron chi connectivity index (χ4n) is 4.45. The molecule has 0 spiro atoms. The quantitative estimate of drug-likeness (QED) is 0.295. The second-order valence-electron chi connectivity index (χ2n) is 11.1. The molecule has 0 heterocycles. The number of nitrogens with one attached hydrogen (secondary N) is 1. The fraction of sp³-hybridized carbons (Fsp3) is 0.375. The predicted molar refractivity (Wildman–Crippen MR) is 170 cm³/mol. The molecule has 3 aromatic carbocycles. The number of rotatable bonds is 13. The molecule has 0 saturated heterocycles. The second kappa shape index (κ2) is 14.7. The van der Waals surface area contributed by atoms with Gasteiger partial charge in [0.2, 0.25) is 11.8 Å². The third-order valence-electron chi connectivity index (χ3n) is 6.87. The maximum absolute atomic E-state index is 14.3. The third kappa shape index (κ3) is 8.80. The van der Waals surface area contributed by atoms with E-state index in [2.05, 4.69) is 5.32 Å². The lowest BCUT2D eigenvalue weighted by molar-refractivity contribution is -0.140. The van der Waals surface area contributed by atoms with E-state index in [-0.39, 0.29) is 24.8 Å². The summed E-state index contributed by atoms with van der Waals surface area (Å²) in [6, 6.07) is 21.1. The highest BCUT2D eigenvalue weighted by Gasteiger charge is 2.35. The van der Waals surface area contributed by atoms with E-state index in [4.69, 9.17) is 11.6 Å². The lowest BCUT2D eigenvalue weighted by Crippen LogP contribution is -2.54. The van der Waals surface area contributed by atoms with Crippen molar-refractivity contribution in [1.29, 1.82) is 0 Å². The summed E-state index contributed by atoms with van der Waals surface area (Å²) in [5, 5.41) is 3.54. The third-order valence-corrected chi connectivity index (χ3v) is 8.93. The number of anilines is 1. The zero-order valence-corrected chi connectivity index (χ0v) is 26.7. The molecular formula is C32H41ClN4O4S. The van der Waals surface area contributed by atoms with E-state index in [9.17, 15) is 18.0 Å². The van der Waals surface area contributed by atoms with Crippen LogP contribution in [0.4, 0.5) is 5.69 Å². The van der Waals surface area contributed by atoms with Crippen LogP contribution in [0.25, 0.3) is 0 Å². The molecule has 3 aromatic rings. The molecule has 1 atom stereocenters. The Labute approximate surface area is 255 Å². The molecule has 42 heavy (non-hydrogen) atoms. The zero-order valence-electron chi connectivity index (χ0n) is 25.2. The van der Waals surface area contributed by atoms with Gasteiger partial charge in [0.05, 0.1) is 5.69 Å². The molecule has 1 unspecified atom stereocenters. The van der Waals surface area contributed by atoms with Gasteiger partial charge >= 0.3 is 10.2 Å². The summed E-state index contributed by atoms with van der Waals surface area (Å²) < 4.78 is 29.4. The van der Waals surface area contributed by atoms with Crippen molar-refractivity contribution in [2.45, 2.75) is 46.7 Å². The Bertz CT molecular complexity index is 1460. The van der Waals surface area contributed by atoms with Gasteiger partial charge in [-0.3, -0.25) is 9.59 Å². The molecular weight excluding hydrogens is 572 g/mol. The number of nitrogens with zero attached hydrogens (tertiary/aromatic N) is 3. The summed E-state index contributed by atoms with van der Waals surface area (Å²) in [5.74, 6) is -0.600. The van der Waals surface area contributed by atoms with Gasteiger partial charge in [-0.2, -0.15) is 12.7 Å². The molecule has 8 nitrogen and oxygen atoms in total. The first-order valence-electron chi connectivity index (χ1n) is 13.9. The fourth-order valence-corrected chi connectivity index (χ4v) is 5.69. The maximum atomic E-state index is 14.3. The molecule has 226 valence electrons. The number of amides is 2. The molecule has 0 aliphatic heterocycles. The Morgan fingerprint density at radius 1 is 0.905 bits per heavy atom. The van der Waals surface area contributed by atoms with Crippen LogP contribution in [0.15, 0.2) is 72.8 Å². The van der Waals surface area contributed by atoms with Crippen molar-refractivity contribution in [1.82, 2.24) is 14.5 Å². The van der Waals surface area contributed by atoms with Gasteiger partial charge in [0.25, 0.3) is 0 Å². The Kier molecular flexibility index (Phi) is 11.6. The van der Waals surface area contributed by atoms with Crippen molar-refractivity contribution < 1.29 is 18.0 Å². The highest BCUT2D eigenvalue weighted by Crippen LogP contribution is 2.26. The van der Waals surface area contributed by atoms with Gasteiger partial charge in [-0.25, -0.2) is 4.31 Å². The highest BCUT2D eigenvalue weighted by atomic mass is 35.5. The van der Waals surface area contributed by atoms with Crippen molar-refractivity contribution in [2.24, 2.45) is 5.92 Å². The Morgan fingerprint density at radius 2 is 1.55 bits per heavy atom. The first kappa shape index (κ1) is 33.1. The van der Waals surface area contributed by atoms with E-state index in [1.165, 1.54) is 19.0 Å². The van der Waals surface area contributed by atoms with Crippen LogP contribution >= 0.6 is 11.6 Å². The molecule has 1 N–H and O–H groups in total. The molecule has 0 bridgehead atoms. The standard InChI is InChI=1S/C32H41ClN4O4S/c1-23(2)20-34-32(39)30(19-26-10-8-7-9-11-26)36(21-27-14-16-28(33)17-15-27)31(38)22-37(42(40,41)35(5)6)29-18-24(3)12-13-25(29)4/h7-18,23,30H,19-22H2,1-6H3,(H,34,39). The van der Waals surface area contributed by atoms with Crippen molar-refractivity contribution in [2.75, 3.05) is 31.5 Å². The smallest absolute Gasteiger partial charge is 0.304 e. The number of benzene rings is 3. The summed E-state index contributed by atoms with van der Waals surface area (Å²) in [5.41, 5.74) is 3.61. The number of hydrogen-bond acceptors (Lipinski definition) is 4. The normalized spacial score (nSPS) is 12.3. The lowest BCUT2D eigenvalue weighted by atomic mass is 10.0. The zero-order chi connectivity index (χ0) is 31.0. The van der Waals surface area contributed by atoms with Crippen LogP contribution in [-0.2, 0) is 32.8 Å². The molecule has 0 aliphatic rings. The van der Waals surface area contributed by atoms with E-state index in [1.807, 2.05) is 63.2 Å². The molecule has 10 heteroatoms. The topological polar surface area (TPSA) is 90.0 Å². The largest absolute Gasteiger partial charge is 0.354 e. The summed E-state index contributed by atoms with van der Waals surface area (Å²) in [4.78, 5) is 29.6. The maximum Gasteiger partial charge on any atom is 0.304 e. The minimum atomic E-state index is -4.06. The number of aryl methyl sites for hydroxylation is 2. The summed E-state index contributed by atoms with van der Waals surface area (Å²) >= 11 is 6.12. The number of carbonyl (C=O) groups excluding carboxylic acids is 2. The van der Waals surface area contributed by atoms with Crippen LogP contribution in [-0.4, -0.2) is 62.7 Å². The van der Waals surface area contributed by atoms with Crippen LogP contribution in [0.1, 0.15) is 36.1 Å². The molecule has 3 rings (SSSR count). The Morgan fingerprint density at radius 3 is 2.14 bits per heavy atom. The van der Waals surface area contributed by atoms with Gasteiger partial charge in [0.1, 0.15) is 12.6 Å². The van der Waals surface area contributed by atoms with Crippen LogP contribution in [0.5, 0.6) is 0 Å². The molecule has 0 fully saturated rings. The monoisotopic (exact) mass is 612 g/mol. The predicted octanol–water partition coefficient (Wildman–Crippen LogP) is 4.98. The Balaban J connectivity index is 2.11. The first-order valence-corrected chi connectivity index (χ1v) is 15.7.